The molecule has 6 nitrogen and oxygen atoms in total. The highest BCUT2D eigenvalue weighted by molar-refractivity contribution is 6.20. The molecule has 0 saturated heterocycles. The summed E-state index contributed by atoms with van der Waals surface area (Å²) >= 11 is 0. The number of fused-ring (bicyclic) bond motifs is 18. The highest BCUT2D eigenvalue weighted by Gasteiger charge is 2.38. The van der Waals surface area contributed by atoms with Gasteiger partial charge in [-0.1, -0.05) is 206 Å². The molecule has 0 N–H and O–H groups in total. The largest absolute Gasteiger partial charge is 0.416 e. The van der Waals surface area contributed by atoms with Crippen molar-refractivity contribution in [1.82, 2.24) is 27.4 Å². The van der Waals surface area contributed by atoms with Crippen LogP contribution in [0.15, 0.2) is 303 Å². The number of para-hydroxylation sites is 11. The van der Waals surface area contributed by atoms with Gasteiger partial charge in [-0.3, -0.25) is 0 Å². The predicted molar refractivity (Wildman–Crippen MR) is 388 cm³/mol. The van der Waals surface area contributed by atoms with Gasteiger partial charge in [-0.05, 0) is 115 Å². The molecule has 0 spiro atoms. The molecule has 0 amide bonds. The normalized spacial score (nSPS) is 12.4. The molecule has 0 aliphatic heterocycles. The molecule has 14 aromatic carbocycles. The molecule has 0 unspecified atom stereocenters. The van der Waals surface area contributed by atoms with E-state index in [1.54, 1.807) is 6.92 Å². The van der Waals surface area contributed by atoms with Gasteiger partial charge in [0.2, 0.25) is 0 Å². The predicted octanol–water partition coefficient (Wildman–Crippen LogP) is 23.3. The molecule has 9 heteroatoms. The van der Waals surface area contributed by atoms with Gasteiger partial charge in [-0.2, -0.15) is 13.2 Å². The molecule has 0 radical (unpaired) electrons. The summed E-state index contributed by atoms with van der Waals surface area (Å²) in [5.74, 6) is 0. The van der Waals surface area contributed by atoms with E-state index in [1.165, 1.54) is 22.9 Å². The van der Waals surface area contributed by atoms with Crippen molar-refractivity contribution in [2.75, 3.05) is 0 Å². The second kappa shape index (κ2) is 19.8. The zero-order valence-electron chi connectivity index (χ0n) is 51.2. The molecule has 20 aromatic rings. The third-order valence-electron chi connectivity index (χ3n) is 20.0. The van der Waals surface area contributed by atoms with Crippen LogP contribution in [0.3, 0.4) is 0 Å². The van der Waals surface area contributed by atoms with E-state index >= 15 is 13.2 Å². The van der Waals surface area contributed by atoms with E-state index in [1.807, 2.05) is 6.07 Å². The lowest BCUT2D eigenvalue weighted by Gasteiger charge is -2.32. The minimum atomic E-state index is -4.72. The fourth-order valence-corrected chi connectivity index (χ4v) is 16.3. The number of benzene rings is 14. The lowest BCUT2D eigenvalue weighted by atomic mass is 9.92. The minimum absolute atomic E-state index is 0.402. The lowest BCUT2D eigenvalue weighted by Crippen LogP contribution is -2.18. The van der Waals surface area contributed by atoms with Crippen molar-refractivity contribution >= 4 is 131 Å². The van der Waals surface area contributed by atoms with E-state index in [0.717, 1.165) is 143 Å². The third-order valence-corrected chi connectivity index (χ3v) is 20.0. The van der Waals surface area contributed by atoms with Crippen molar-refractivity contribution in [3.05, 3.63) is 314 Å². The number of hydrogen-bond donors (Lipinski definition) is 0. The first kappa shape index (κ1) is 53.3. The summed E-state index contributed by atoms with van der Waals surface area (Å²) in [6.07, 6.45) is -4.72. The number of alkyl halides is 3. The molecule has 0 aliphatic carbocycles. The van der Waals surface area contributed by atoms with Gasteiger partial charge in [0, 0.05) is 75.9 Å². The van der Waals surface area contributed by atoms with Gasteiger partial charge in [0.15, 0.2) is 0 Å². The third kappa shape index (κ3) is 7.46. The Morgan fingerprint density at radius 3 is 0.737 bits per heavy atom. The number of nitrogens with zero attached hydrogens (tertiary/aromatic N) is 6. The maximum absolute atomic E-state index is 16.3. The molecular weight excluding hydrogens is 1170 g/mol. The van der Waals surface area contributed by atoms with Crippen molar-refractivity contribution in [2.45, 2.75) is 13.1 Å². The van der Waals surface area contributed by atoms with Crippen LogP contribution in [0.5, 0.6) is 0 Å². The molecule has 0 saturated carbocycles. The van der Waals surface area contributed by atoms with Gasteiger partial charge in [-0.15, -0.1) is 0 Å². The Morgan fingerprint density at radius 2 is 0.453 bits per heavy atom. The maximum atomic E-state index is 16.3. The number of rotatable bonds is 7. The zero-order chi connectivity index (χ0) is 62.9. The molecule has 0 fully saturated rings. The SMILES string of the molecule is Cc1cc(-c2c(-n3c4ccccc4c4ccccc43)c(-n3c4ccccc4c4ccccc43)c(-n3c4ccccc4c4cc(-n5c6ccccc6c6ccccc65)ccc43)c(-n3c4ccccc4c4ccccc43)c2-n2c3ccccc3c3ccccc32)cc(C(F)(F)F)c1. The highest BCUT2D eigenvalue weighted by Crippen LogP contribution is 2.55. The quantitative estimate of drug-likeness (QED) is 0.152. The van der Waals surface area contributed by atoms with Gasteiger partial charge < -0.3 is 27.4 Å². The smallest absolute Gasteiger partial charge is 0.309 e. The zero-order valence-corrected chi connectivity index (χ0v) is 51.2. The Labute approximate surface area is 541 Å². The van der Waals surface area contributed by atoms with Crippen molar-refractivity contribution in [2.24, 2.45) is 0 Å². The van der Waals surface area contributed by atoms with E-state index < -0.39 is 11.7 Å². The van der Waals surface area contributed by atoms with Crippen molar-refractivity contribution < 1.29 is 13.2 Å². The summed E-state index contributed by atoms with van der Waals surface area (Å²) in [4.78, 5) is 0. The average molecular weight is 1230 g/mol. The van der Waals surface area contributed by atoms with Crippen molar-refractivity contribution in [1.29, 1.82) is 0 Å². The number of hydrogen-bond acceptors (Lipinski definition) is 0. The summed E-state index contributed by atoms with van der Waals surface area (Å²) < 4.78 is 63.5. The van der Waals surface area contributed by atoms with Crippen LogP contribution in [0.1, 0.15) is 11.1 Å². The molecule has 0 atom stereocenters. The van der Waals surface area contributed by atoms with E-state index in [0.29, 0.717) is 28.1 Å². The van der Waals surface area contributed by atoms with Crippen LogP contribution < -0.4 is 0 Å². The van der Waals surface area contributed by atoms with Gasteiger partial charge in [0.25, 0.3) is 0 Å². The van der Waals surface area contributed by atoms with Crippen molar-refractivity contribution in [3.63, 3.8) is 0 Å². The minimum Gasteiger partial charge on any atom is -0.309 e. The average Bonchev–Trinajstić information content (AvgIpc) is 1.59. The molecule has 20 rings (SSSR count). The molecule has 0 aliphatic rings. The molecule has 0 bridgehead atoms. The van der Waals surface area contributed by atoms with Crippen LogP contribution in [0.2, 0.25) is 0 Å². The van der Waals surface area contributed by atoms with Crippen LogP contribution in [0.4, 0.5) is 13.2 Å². The maximum Gasteiger partial charge on any atom is 0.416 e. The summed E-state index contributed by atoms with van der Waals surface area (Å²) in [6, 6.07) is 106. The summed E-state index contributed by atoms with van der Waals surface area (Å²) in [5.41, 5.74) is 16.8. The Kier molecular flexibility index (Phi) is 11.1. The molecule has 95 heavy (non-hydrogen) atoms. The molecule has 448 valence electrons. The second-order valence-electron chi connectivity index (χ2n) is 25.1. The van der Waals surface area contributed by atoms with E-state index in [9.17, 15) is 0 Å². The fraction of sp³-hybridized carbons (Fsp3) is 0.0233. The van der Waals surface area contributed by atoms with Crippen LogP contribution in [-0.4, -0.2) is 27.4 Å². The van der Waals surface area contributed by atoms with Gasteiger partial charge >= 0.3 is 6.18 Å². The van der Waals surface area contributed by atoms with Crippen LogP contribution >= 0.6 is 0 Å². The Morgan fingerprint density at radius 1 is 0.221 bits per heavy atom. The number of halogens is 3. The first-order valence-electron chi connectivity index (χ1n) is 32.2. The van der Waals surface area contributed by atoms with Crippen LogP contribution in [-0.2, 0) is 6.18 Å². The summed E-state index contributed by atoms with van der Waals surface area (Å²) in [5, 5.41) is 12.5. The number of aromatic nitrogens is 6. The summed E-state index contributed by atoms with van der Waals surface area (Å²) in [6.45, 7) is 1.79. The second-order valence-corrected chi connectivity index (χ2v) is 25.1. The van der Waals surface area contributed by atoms with Gasteiger partial charge in [0.05, 0.1) is 100 Å². The van der Waals surface area contributed by atoms with Crippen molar-refractivity contribution in [3.8, 4) is 45.3 Å². The lowest BCUT2D eigenvalue weighted by molar-refractivity contribution is -0.137. The Balaban J connectivity index is 1.14. The van der Waals surface area contributed by atoms with Crippen LogP contribution in [0, 0.1) is 6.92 Å². The van der Waals surface area contributed by atoms with Gasteiger partial charge in [-0.25, -0.2) is 0 Å². The molecule has 6 heterocycles. The van der Waals surface area contributed by atoms with Crippen LogP contribution in [0.25, 0.3) is 176 Å². The number of aryl methyl sites for hydroxylation is 1. The monoisotopic (exact) mass is 1230 g/mol. The first-order valence-corrected chi connectivity index (χ1v) is 32.2. The van der Waals surface area contributed by atoms with E-state index in [-0.39, 0.29) is 0 Å². The topological polar surface area (TPSA) is 29.6 Å². The van der Waals surface area contributed by atoms with Gasteiger partial charge in [0.1, 0.15) is 0 Å². The van der Waals surface area contributed by atoms with E-state index in [4.69, 9.17) is 0 Å². The first-order chi connectivity index (χ1) is 46.8. The standard InChI is InChI=1S/C86H53F3N6/c1-52-48-53(50-54(49-52)86(87,88)89)80-81(91-70-37-15-4-26-58(70)59-27-5-16-38-71(59)91)83(93-74-41-19-8-30-62(74)63-31-9-20-42-75(63)93)85(95-78-45-23-12-34-66(78)67-51-55(46-47-79(67)95)90-68-35-13-2-24-56(68)57-25-3-14-36-69(57)90)84(94-76-43-21-10-32-64(76)65-33-11-22-44-77(65)94)82(80)92-72-39-17-6-28-60(72)61-29-7-18-40-73(61)92/h2-51H,1H3. The Hall–Kier alpha value is -12.3. The molecular formula is C86H53F3N6. The Bertz CT molecular complexity index is 6160. The molecule has 6 aromatic heterocycles. The fourth-order valence-electron chi connectivity index (χ4n) is 16.3. The van der Waals surface area contributed by atoms with E-state index in [2.05, 4.69) is 313 Å². The highest BCUT2D eigenvalue weighted by atomic mass is 19.4. The summed E-state index contributed by atoms with van der Waals surface area (Å²) in [7, 11) is 0.